The number of esters is 3. The number of hydrogen-bond acceptors (Lipinski definition) is 6. The molecule has 0 aromatic carbocycles. The van der Waals surface area contributed by atoms with E-state index in [1.54, 1.807) is 0 Å². The summed E-state index contributed by atoms with van der Waals surface area (Å²) in [6.45, 7) is 6.39. The SMILES string of the molecule is CC/C=C\C/C=C\C/C=C\C/C=C\CCCCCCC(=O)OCC(COC(=O)CCCCCCC/C=C\C/C=C\CCC)OC(=O)CCCCCCCCC/C=C\C/C=C\CCCCC. The third-order valence-electron chi connectivity index (χ3n) is 11.0. The highest BCUT2D eigenvalue weighted by Crippen LogP contribution is 2.14. The maximum atomic E-state index is 12.8. The van der Waals surface area contributed by atoms with Crippen LogP contribution in [0, 0.1) is 0 Å². The summed E-state index contributed by atoms with van der Waals surface area (Å²) in [6, 6.07) is 0. The van der Waals surface area contributed by atoms with Crippen molar-refractivity contribution in [1.29, 1.82) is 0 Å². The lowest BCUT2D eigenvalue weighted by molar-refractivity contribution is -0.167. The lowest BCUT2D eigenvalue weighted by atomic mass is 10.1. The van der Waals surface area contributed by atoms with Gasteiger partial charge in [0.2, 0.25) is 0 Å². The fraction of sp³-hybridized carbons (Fsp3) is 0.678. The van der Waals surface area contributed by atoms with Gasteiger partial charge in [0, 0.05) is 19.3 Å². The van der Waals surface area contributed by atoms with Crippen LogP contribution in [0.2, 0.25) is 0 Å². The second kappa shape index (κ2) is 52.9. The first-order valence-corrected chi connectivity index (χ1v) is 26.7. The van der Waals surface area contributed by atoms with E-state index in [1.807, 2.05) is 0 Å². The highest BCUT2D eigenvalue weighted by atomic mass is 16.6. The van der Waals surface area contributed by atoms with Gasteiger partial charge >= 0.3 is 17.9 Å². The number of rotatable bonds is 47. The van der Waals surface area contributed by atoms with E-state index < -0.39 is 6.10 Å². The minimum absolute atomic E-state index is 0.0972. The van der Waals surface area contributed by atoms with Gasteiger partial charge < -0.3 is 14.2 Å². The van der Waals surface area contributed by atoms with Crippen LogP contribution in [0.25, 0.3) is 0 Å². The molecule has 1 unspecified atom stereocenters. The topological polar surface area (TPSA) is 78.9 Å². The normalized spacial score (nSPS) is 12.8. The number of allylic oxidation sites excluding steroid dienone is 16. The summed E-state index contributed by atoms with van der Waals surface area (Å²) in [5, 5.41) is 0. The van der Waals surface area contributed by atoms with Gasteiger partial charge in [-0.3, -0.25) is 14.4 Å². The fourth-order valence-corrected chi connectivity index (χ4v) is 7.03. The summed E-state index contributed by atoms with van der Waals surface area (Å²) in [5.41, 5.74) is 0. The Morgan fingerprint density at radius 1 is 0.323 bits per heavy atom. The van der Waals surface area contributed by atoms with Gasteiger partial charge in [0.15, 0.2) is 6.10 Å². The minimum Gasteiger partial charge on any atom is -0.462 e. The average Bonchev–Trinajstić information content (AvgIpc) is 3.30. The lowest BCUT2D eigenvalue weighted by Gasteiger charge is -2.18. The molecule has 0 aromatic rings. The predicted molar refractivity (Wildman–Crippen MR) is 279 cm³/mol. The van der Waals surface area contributed by atoms with Crippen LogP contribution < -0.4 is 0 Å². The highest BCUT2D eigenvalue weighted by molar-refractivity contribution is 5.71. The molecule has 0 N–H and O–H groups in total. The minimum atomic E-state index is -0.799. The van der Waals surface area contributed by atoms with Crippen LogP contribution in [0.4, 0.5) is 0 Å². The van der Waals surface area contributed by atoms with Crippen LogP contribution in [0.1, 0.15) is 239 Å². The number of carbonyl (C=O) groups is 3. The predicted octanol–water partition coefficient (Wildman–Crippen LogP) is 17.8. The van der Waals surface area contributed by atoms with Crippen molar-refractivity contribution in [3.05, 3.63) is 97.2 Å². The van der Waals surface area contributed by atoms with E-state index >= 15 is 0 Å². The summed E-state index contributed by atoms with van der Waals surface area (Å²) >= 11 is 0. The second-order valence-corrected chi connectivity index (χ2v) is 17.4. The molecule has 0 amide bonds. The molecule has 6 nitrogen and oxygen atoms in total. The molecular formula is C59H98O6. The Balaban J connectivity index is 4.47. The van der Waals surface area contributed by atoms with Crippen molar-refractivity contribution in [1.82, 2.24) is 0 Å². The van der Waals surface area contributed by atoms with Crippen molar-refractivity contribution in [2.75, 3.05) is 13.2 Å². The third-order valence-corrected chi connectivity index (χ3v) is 11.0. The first-order valence-electron chi connectivity index (χ1n) is 26.7. The molecule has 0 radical (unpaired) electrons. The Labute approximate surface area is 400 Å². The van der Waals surface area contributed by atoms with Gasteiger partial charge in [0.25, 0.3) is 0 Å². The van der Waals surface area contributed by atoms with Gasteiger partial charge in [-0.1, -0.05) is 201 Å². The molecule has 6 heteroatoms. The van der Waals surface area contributed by atoms with Crippen molar-refractivity contribution in [3.63, 3.8) is 0 Å². The zero-order valence-electron chi connectivity index (χ0n) is 42.2. The van der Waals surface area contributed by atoms with E-state index in [0.29, 0.717) is 19.3 Å². The van der Waals surface area contributed by atoms with Gasteiger partial charge in [0.05, 0.1) is 0 Å². The van der Waals surface area contributed by atoms with Crippen molar-refractivity contribution in [3.8, 4) is 0 Å². The van der Waals surface area contributed by atoms with E-state index in [0.717, 1.165) is 141 Å². The maximum Gasteiger partial charge on any atom is 0.306 e. The van der Waals surface area contributed by atoms with Gasteiger partial charge in [-0.25, -0.2) is 0 Å². The molecule has 0 heterocycles. The molecule has 370 valence electrons. The Kier molecular flexibility index (Phi) is 50.0. The molecule has 0 aliphatic heterocycles. The van der Waals surface area contributed by atoms with Crippen LogP contribution in [0.3, 0.4) is 0 Å². The molecule has 0 rings (SSSR count). The first-order chi connectivity index (χ1) is 32.0. The van der Waals surface area contributed by atoms with E-state index in [2.05, 4.69) is 118 Å². The molecule has 0 saturated carbocycles. The summed E-state index contributed by atoms with van der Waals surface area (Å²) in [7, 11) is 0. The molecular weight excluding hydrogens is 805 g/mol. The summed E-state index contributed by atoms with van der Waals surface area (Å²) in [4.78, 5) is 38.0. The highest BCUT2D eigenvalue weighted by Gasteiger charge is 2.19. The first kappa shape index (κ1) is 61.3. The fourth-order valence-electron chi connectivity index (χ4n) is 7.03. The smallest absolute Gasteiger partial charge is 0.306 e. The molecule has 0 bridgehead atoms. The van der Waals surface area contributed by atoms with Crippen molar-refractivity contribution >= 4 is 17.9 Å². The van der Waals surface area contributed by atoms with E-state index in [1.165, 1.54) is 57.8 Å². The van der Waals surface area contributed by atoms with Gasteiger partial charge in [-0.15, -0.1) is 0 Å². The number of ether oxygens (including phenoxy) is 3. The Bertz CT molecular complexity index is 1310. The Hall–Kier alpha value is -3.67. The quantitative estimate of drug-likeness (QED) is 0.0262. The summed E-state index contributed by atoms with van der Waals surface area (Å²) in [5.74, 6) is -0.944. The van der Waals surface area contributed by atoms with Crippen molar-refractivity contribution < 1.29 is 28.6 Å². The van der Waals surface area contributed by atoms with Crippen molar-refractivity contribution in [2.24, 2.45) is 0 Å². The number of hydrogen-bond donors (Lipinski definition) is 0. The van der Waals surface area contributed by atoms with E-state index in [-0.39, 0.29) is 31.1 Å². The van der Waals surface area contributed by atoms with Crippen LogP contribution in [-0.2, 0) is 28.6 Å². The second-order valence-electron chi connectivity index (χ2n) is 17.4. The largest absolute Gasteiger partial charge is 0.462 e. The van der Waals surface area contributed by atoms with Crippen LogP contribution >= 0.6 is 0 Å². The molecule has 0 aliphatic rings. The van der Waals surface area contributed by atoms with Gasteiger partial charge in [-0.2, -0.15) is 0 Å². The summed E-state index contributed by atoms with van der Waals surface area (Å²) in [6.07, 6.45) is 69.6. The molecule has 0 aromatic heterocycles. The van der Waals surface area contributed by atoms with Gasteiger partial charge in [-0.05, 0) is 116 Å². The molecule has 65 heavy (non-hydrogen) atoms. The van der Waals surface area contributed by atoms with Crippen molar-refractivity contribution in [2.45, 2.75) is 245 Å². The zero-order chi connectivity index (χ0) is 47.2. The monoisotopic (exact) mass is 903 g/mol. The van der Waals surface area contributed by atoms with Crippen LogP contribution in [0.5, 0.6) is 0 Å². The number of unbranched alkanes of at least 4 members (excludes halogenated alkanes) is 20. The number of carbonyl (C=O) groups excluding carboxylic acids is 3. The molecule has 0 spiro atoms. The average molecular weight is 903 g/mol. The Morgan fingerprint density at radius 2 is 0.631 bits per heavy atom. The van der Waals surface area contributed by atoms with E-state index in [9.17, 15) is 14.4 Å². The van der Waals surface area contributed by atoms with E-state index in [4.69, 9.17) is 14.2 Å². The third kappa shape index (κ3) is 51.2. The molecule has 0 saturated heterocycles. The van der Waals surface area contributed by atoms with Crippen LogP contribution in [-0.4, -0.2) is 37.2 Å². The maximum absolute atomic E-state index is 12.8. The zero-order valence-corrected chi connectivity index (χ0v) is 42.2. The Morgan fingerprint density at radius 3 is 1.00 bits per heavy atom. The molecule has 1 atom stereocenters. The molecule has 0 aliphatic carbocycles. The molecule has 0 fully saturated rings. The summed E-state index contributed by atoms with van der Waals surface area (Å²) < 4.78 is 16.8. The lowest BCUT2D eigenvalue weighted by Crippen LogP contribution is -2.30. The standard InChI is InChI=1S/C59H98O6/c1-4-7-10-13-16-19-22-25-27-29-31-34-37-40-43-46-49-52-58(61)64-55-56(54-63-57(60)51-48-45-42-39-36-33-24-21-18-15-12-9-6-3)65-59(62)53-50-47-44-41-38-35-32-30-28-26-23-20-17-14-11-8-5-2/h7,10,12,15-17,19-21,24-28,31,34,56H,4-6,8-9,11,13-14,18,22-23,29-30,32-33,35-55H2,1-3H3/b10-7-,15-12-,19-16-,20-17-,24-21-,27-25-,28-26-,34-31-. The van der Waals surface area contributed by atoms with Gasteiger partial charge in [0.1, 0.15) is 13.2 Å². The van der Waals surface area contributed by atoms with Crippen LogP contribution in [0.15, 0.2) is 97.2 Å².